The van der Waals surface area contributed by atoms with Crippen molar-refractivity contribution < 1.29 is 4.74 Å². The van der Waals surface area contributed by atoms with E-state index in [0.29, 0.717) is 43.5 Å². The van der Waals surface area contributed by atoms with Crippen LogP contribution in [-0.2, 0) is 17.8 Å². The first-order valence-electron chi connectivity index (χ1n) is 13.2. The fourth-order valence-electron chi connectivity index (χ4n) is 5.23. The van der Waals surface area contributed by atoms with E-state index in [0.717, 1.165) is 55.4 Å². The Labute approximate surface area is 212 Å². The van der Waals surface area contributed by atoms with E-state index < -0.39 is 0 Å². The lowest BCUT2D eigenvalue weighted by Gasteiger charge is -2.38. The molecule has 2 unspecified atom stereocenters. The van der Waals surface area contributed by atoms with Gasteiger partial charge in [0.25, 0.3) is 0 Å². The van der Waals surface area contributed by atoms with E-state index in [1.165, 1.54) is 25.6 Å². The second kappa shape index (κ2) is 11.4. The highest BCUT2D eigenvalue weighted by Crippen LogP contribution is 2.31. The number of rotatable bonds is 9. The largest absolute Gasteiger partial charge is 0.380 e. The molecule has 2 saturated heterocycles. The molecular formula is C25H38N10O. The summed E-state index contributed by atoms with van der Waals surface area (Å²) in [6, 6.07) is 2.88. The molecule has 2 aliphatic heterocycles. The number of likely N-dealkylation sites (tertiary alicyclic amines) is 1. The van der Waals surface area contributed by atoms with Gasteiger partial charge in [0.2, 0.25) is 5.95 Å². The topological polar surface area (TPSA) is 109 Å². The van der Waals surface area contributed by atoms with Gasteiger partial charge < -0.3 is 20.3 Å². The van der Waals surface area contributed by atoms with E-state index in [4.69, 9.17) is 19.8 Å². The van der Waals surface area contributed by atoms with Gasteiger partial charge in [0.15, 0.2) is 5.82 Å². The molecule has 5 heterocycles. The fourth-order valence-corrected chi connectivity index (χ4v) is 5.23. The molecule has 0 spiro atoms. The van der Waals surface area contributed by atoms with E-state index in [1.54, 1.807) is 6.20 Å². The maximum atomic E-state index is 5.69. The molecule has 2 aliphatic rings. The van der Waals surface area contributed by atoms with Gasteiger partial charge in [0.1, 0.15) is 28.9 Å². The molecule has 0 radical (unpaired) electrons. The van der Waals surface area contributed by atoms with Crippen LogP contribution >= 0.6 is 0 Å². The lowest BCUT2D eigenvalue weighted by molar-refractivity contribution is 0.0936. The first-order chi connectivity index (χ1) is 17.6. The van der Waals surface area contributed by atoms with E-state index in [9.17, 15) is 0 Å². The Kier molecular flexibility index (Phi) is 7.88. The summed E-state index contributed by atoms with van der Waals surface area (Å²) in [6.45, 7) is 12.9. The maximum Gasteiger partial charge on any atom is 0.228 e. The number of piperazine rings is 1. The van der Waals surface area contributed by atoms with Crippen LogP contribution in [0, 0.1) is 0 Å². The minimum Gasteiger partial charge on any atom is -0.380 e. The summed E-state index contributed by atoms with van der Waals surface area (Å²) in [5, 5.41) is 12.0. The predicted octanol–water partition coefficient (Wildman–Crippen LogP) is 2.57. The third kappa shape index (κ3) is 5.42. The molecule has 3 aromatic rings. The quantitative estimate of drug-likeness (QED) is 0.431. The van der Waals surface area contributed by atoms with Crippen molar-refractivity contribution in [3.8, 4) is 0 Å². The van der Waals surface area contributed by atoms with Gasteiger partial charge in [-0.05, 0) is 39.7 Å². The van der Waals surface area contributed by atoms with Crippen molar-refractivity contribution in [2.45, 2.75) is 65.2 Å². The third-order valence-electron chi connectivity index (χ3n) is 7.23. The van der Waals surface area contributed by atoms with E-state index in [1.807, 2.05) is 17.7 Å². The molecule has 5 rings (SSSR count). The third-order valence-corrected chi connectivity index (χ3v) is 7.23. The monoisotopic (exact) mass is 494 g/mol. The van der Waals surface area contributed by atoms with Crippen LogP contribution in [0.2, 0.25) is 0 Å². The second-order valence-electron chi connectivity index (χ2n) is 9.69. The Hall–Kier alpha value is -2.89. The molecule has 36 heavy (non-hydrogen) atoms. The molecule has 0 aromatic carbocycles. The number of fused-ring (bicyclic) bond motifs is 1. The standard InChI is InChI=1S/C25H38N10O/c1-4-36-15-14-35-23-22(20(32-35)16-34-18(2)6-5-7-19(34)3)30-25(33-12-10-26-11-13-33)31-24(23)29-21-8-9-27-17-28-21/h8-9,17-19,26H,4-7,10-16H2,1-3H3,(H,27,28,29,30,31). The van der Waals surface area contributed by atoms with Gasteiger partial charge in [0.05, 0.1) is 13.2 Å². The van der Waals surface area contributed by atoms with Crippen LogP contribution in [0.1, 0.15) is 45.7 Å². The van der Waals surface area contributed by atoms with Gasteiger partial charge >= 0.3 is 0 Å². The predicted molar refractivity (Wildman–Crippen MR) is 141 cm³/mol. The van der Waals surface area contributed by atoms with Gasteiger partial charge in [-0.1, -0.05) is 6.42 Å². The zero-order valence-electron chi connectivity index (χ0n) is 21.7. The zero-order chi connectivity index (χ0) is 24.9. The molecule has 11 nitrogen and oxygen atoms in total. The summed E-state index contributed by atoms with van der Waals surface area (Å²) in [6.07, 6.45) is 6.98. The van der Waals surface area contributed by atoms with Gasteiger partial charge in [0, 0.05) is 57.6 Å². The first kappa shape index (κ1) is 24.8. The number of anilines is 3. The molecular weight excluding hydrogens is 456 g/mol. The summed E-state index contributed by atoms with van der Waals surface area (Å²) in [5.41, 5.74) is 2.78. The molecule has 2 atom stereocenters. The number of hydrogen-bond donors (Lipinski definition) is 2. The molecule has 0 bridgehead atoms. The van der Waals surface area contributed by atoms with Crippen molar-refractivity contribution >= 4 is 28.6 Å². The highest BCUT2D eigenvalue weighted by molar-refractivity contribution is 5.90. The van der Waals surface area contributed by atoms with Crippen LogP contribution in [-0.4, -0.2) is 86.1 Å². The molecule has 0 saturated carbocycles. The average Bonchev–Trinajstić information content (AvgIpc) is 3.25. The molecule has 0 amide bonds. The Morgan fingerprint density at radius 3 is 2.67 bits per heavy atom. The van der Waals surface area contributed by atoms with Crippen LogP contribution in [0.3, 0.4) is 0 Å². The summed E-state index contributed by atoms with van der Waals surface area (Å²) < 4.78 is 7.69. The lowest BCUT2D eigenvalue weighted by atomic mass is 9.97. The number of aromatic nitrogens is 6. The Morgan fingerprint density at radius 1 is 1.14 bits per heavy atom. The lowest BCUT2D eigenvalue weighted by Crippen LogP contribution is -2.44. The van der Waals surface area contributed by atoms with Crippen LogP contribution in [0.25, 0.3) is 11.0 Å². The molecule has 0 aliphatic carbocycles. The molecule has 2 fully saturated rings. The number of ether oxygens (including phenoxy) is 1. The van der Waals surface area contributed by atoms with Gasteiger partial charge in [-0.3, -0.25) is 9.58 Å². The zero-order valence-corrected chi connectivity index (χ0v) is 21.7. The fraction of sp³-hybridized carbons (Fsp3) is 0.640. The smallest absolute Gasteiger partial charge is 0.228 e. The summed E-state index contributed by atoms with van der Waals surface area (Å²) in [5.74, 6) is 2.13. The summed E-state index contributed by atoms with van der Waals surface area (Å²) >= 11 is 0. The van der Waals surface area contributed by atoms with Crippen molar-refractivity contribution in [3.05, 3.63) is 24.3 Å². The Balaban J connectivity index is 1.61. The highest BCUT2D eigenvalue weighted by atomic mass is 16.5. The van der Waals surface area contributed by atoms with E-state index >= 15 is 0 Å². The molecule has 3 aromatic heterocycles. The van der Waals surface area contributed by atoms with Gasteiger partial charge in [-0.25, -0.2) is 15.0 Å². The number of nitrogens with one attached hydrogen (secondary N) is 2. The van der Waals surface area contributed by atoms with Crippen molar-refractivity contribution in [1.82, 2.24) is 39.9 Å². The van der Waals surface area contributed by atoms with Crippen molar-refractivity contribution in [3.63, 3.8) is 0 Å². The summed E-state index contributed by atoms with van der Waals surface area (Å²) in [7, 11) is 0. The summed E-state index contributed by atoms with van der Waals surface area (Å²) in [4.78, 5) is 23.4. The SMILES string of the molecule is CCOCCn1nc(CN2C(C)CCCC2C)c2nc(N3CCNCC3)nc(Nc3ccncn3)c21. The minimum atomic E-state index is 0.519. The van der Waals surface area contributed by atoms with Crippen LogP contribution in [0.15, 0.2) is 18.6 Å². The van der Waals surface area contributed by atoms with E-state index in [-0.39, 0.29) is 0 Å². The Morgan fingerprint density at radius 2 is 1.94 bits per heavy atom. The molecule has 194 valence electrons. The average molecular weight is 495 g/mol. The highest BCUT2D eigenvalue weighted by Gasteiger charge is 2.28. The van der Waals surface area contributed by atoms with Crippen LogP contribution in [0.5, 0.6) is 0 Å². The van der Waals surface area contributed by atoms with Gasteiger partial charge in [-0.15, -0.1) is 0 Å². The Bertz CT molecular complexity index is 1120. The van der Waals surface area contributed by atoms with Crippen molar-refractivity contribution in [2.75, 3.05) is 49.6 Å². The van der Waals surface area contributed by atoms with Crippen LogP contribution in [0.4, 0.5) is 17.6 Å². The van der Waals surface area contributed by atoms with Crippen LogP contribution < -0.4 is 15.5 Å². The number of hydrogen-bond acceptors (Lipinski definition) is 10. The normalized spacial score (nSPS) is 21.2. The van der Waals surface area contributed by atoms with Crippen molar-refractivity contribution in [1.29, 1.82) is 0 Å². The van der Waals surface area contributed by atoms with E-state index in [2.05, 4.69) is 44.2 Å². The molecule has 2 N–H and O–H groups in total. The number of piperidine rings is 1. The molecule has 11 heteroatoms. The first-order valence-corrected chi connectivity index (χ1v) is 13.2. The van der Waals surface area contributed by atoms with Crippen molar-refractivity contribution in [2.24, 2.45) is 0 Å². The minimum absolute atomic E-state index is 0.519. The second-order valence-corrected chi connectivity index (χ2v) is 9.69. The maximum absolute atomic E-state index is 5.69. The number of nitrogens with zero attached hydrogens (tertiary/aromatic N) is 8. The van der Waals surface area contributed by atoms with Gasteiger partial charge in [-0.2, -0.15) is 10.1 Å².